The van der Waals surface area contributed by atoms with Crippen molar-refractivity contribution in [2.24, 2.45) is 0 Å². The average molecular weight is 459 g/mol. The van der Waals surface area contributed by atoms with E-state index in [1.807, 2.05) is 0 Å². The second kappa shape index (κ2) is 14.6. The van der Waals surface area contributed by atoms with Crippen LogP contribution in [-0.2, 0) is 16.5 Å². The van der Waals surface area contributed by atoms with E-state index in [2.05, 4.69) is 6.92 Å². The molecule has 0 aliphatic heterocycles. The first kappa shape index (κ1) is 27.6. The van der Waals surface area contributed by atoms with Gasteiger partial charge in [-0.3, -0.25) is 4.55 Å². The Kier molecular flexibility index (Phi) is 13.5. The van der Waals surface area contributed by atoms with Gasteiger partial charge in [0.15, 0.2) is 0 Å². The summed E-state index contributed by atoms with van der Waals surface area (Å²) in [7, 11) is -4.28. The van der Waals surface area contributed by atoms with Gasteiger partial charge in [-0.1, -0.05) is 70.4 Å². The van der Waals surface area contributed by atoms with Crippen molar-refractivity contribution in [3.63, 3.8) is 0 Å². The Balaban J connectivity index is 0.00000450. The van der Waals surface area contributed by atoms with Crippen molar-refractivity contribution in [3.05, 3.63) is 48.0 Å². The number of hydrogen-bond acceptors (Lipinski definition) is 4. The van der Waals surface area contributed by atoms with Gasteiger partial charge in [0, 0.05) is 0 Å². The minimum atomic E-state index is -4.28. The van der Waals surface area contributed by atoms with E-state index in [0.29, 0.717) is 23.5 Å². The first-order chi connectivity index (χ1) is 13.9. The Hall–Kier alpha value is -0.414. The number of unbranched alkanes of at least 4 members (excludes halogenated alkanes) is 8. The summed E-state index contributed by atoms with van der Waals surface area (Å²) in [6.07, 6.45) is 11.4. The molecule has 0 saturated carbocycles. The van der Waals surface area contributed by atoms with Crippen LogP contribution >= 0.6 is 0 Å². The molecule has 0 aliphatic carbocycles. The maximum Gasteiger partial charge on any atom is 1.00 e. The number of benzene rings is 2. The second-order valence-corrected chi connectivity index (χ2v) is 8.82. The second-order valence-electron chi connectivity index (χ2n) is 7.40. The molecule has 0 aromatic heterocycles. The van der Waals surface area contributed by atoms with Crippen molar-refractivity contribution in [2.75, 3.05) is 0 Å². The SMILES string of the molecule is CCCCCCCCCCCc1cc(S(=O)(=O)O)ccc1Oc1cccc([O-])c1.[K+]. The Morgan fingerprint density at radius 1 is 0.900 bits per heavy atom. The van der Waals surface area contributed by atoms with E-state index in [1.165, 1.54) is 68.9 Å². The predicted octanol–water partition coefficient (Wildman–Crippen LogP) is 2.88. The average Bonchev–Trinajstić information content (AvgIpc) is 2.67. The standard InChI is InChI=1S/C23H32O5S.K/c1-2-3-4-5-6-7-8-9-10-12-19-17-22(29(25,26)27)15-16-23(19)28-21-14-11-13-20(24)18-21;/h11,13-18,24H,2-10,12H2,1H3,(H,25,26,27);/q;+1/p-1. The molecule has 0 heterocycles. The summed E-state index contributed by atoms with van der Waals surface area (Å²) in [6, 6.07) is 10.4. The van der Waals surface area contributed by atoms with Gasteiger partial charge >= 0.3 is 51.4 Å². The zero-order valence-corrected chi connectivity index (χ0v) is 22.0. The van der Waals surface area contributed by atoms with Gasteiger partial charge < -0.3 is 9.84 Å². The molecule has 0 bridgehead atoms. The van der Waals surface area contributed by atoms with E-state index >= 15 is 0 Å². The van der Waals surface area contributed by atoms with Crippen LogP contribution in [0.2, 0.25) is 0 Å². The van der Waals surface area contributed by atoms with Gasteiger partial charge in [0.25, 0.3) is 10.1 Å². The summed E-state index contributed by atoms with van der Waals surface area (Å²) in [5.74, 6) is 0.755. The zero-order chi connectivity index (χ0) is 21.1. The molecule has 0 radical (unpaired) electrons. The molecular formula is C23H31KO5S. The molecule has 0 saturated heterocycles. The number of aryl methyl sites for hydroxylation is 1. The number of rotatable bonds is 13. The maximum absolute atomic E-state index is 11.5. The minimum Gasteiger partial charge on any atom is -0.872 e. The van der Waals surface area contributed by atoms with Crippen LogP contribution in [0.15, 0.2) is 47.4 Å². The van der Waals surface area contributed by atoms with Gasteiger partial charge in [-0.25, -0.2) is 0 Å². The zero-order valence-electron chi connectivity index (χ0n) is 18.1. The smallest absolute Gasteiger partial charge is 0.872 e. The summed E-state index contributed by atoms with van der Waals surface area (Å²) in [6.45, 7) is 2.21. The van der Waals surface area contributed by atoms with E-state index in [1.54, 1.807) is 12.1 Å². The Bertz CT molecular complexity index is 868. The molecule has 160 valence electrons. The normalized spacial score (nSPS) is 11.1. The molecule has 0 aliphatic rings. The van der Waals surface area contributed by atoms with E-state index in [-0.39, 0.29) is 62.0 Å². The Morgan fingerprint density at radius 3 is 2.13 bits per heavy atom. The third-order valence-corrected chi connectivity index (χ3v) is 5.76. The van der Waals surface area contributed by atoms with Crippen LogP contribution in [0, 0.1) is 0 Å². The first-order valence-electron chi connectivity index (χ1n) is 10.5. The number of ether oxygens (including phenoxy) is 1. The molecule has 2 rings (SSSR count). The molecular weight excluding hydrogens is 427 g/mol. The number of hydrogen-bond donors (Lipinski definition) is 1. The molecule has 0 amide bonds. The Labute approximate surface area is 223 Å². The summed E-state index contributed by atoms with van der Waals surface area (Å²) in [5.41, 5.74) is 0.708. The summed E-state index contributed by atoms with van der Waals surface area (Å²) in [5, 5.41) is 11.5. The predicted molar refractivity (Wildman–Crippen MR) is 113 cm³/mol. The molecule has 5 nitrogen and oxygen atoms in total. The molecule has 0 fully saturated rings. The molecule has 7 heteroatoms. The van der Waals surface area contributed by atoms with Crippen LogP contribution in [-0.4, -0.2) is 13.0 Å². The molecule has 2 aromatic rings. The van der Waals surface area contributed by atoms with Crippen LogP contribution in [0.4, 0.5) is 0 Å². The van der Waals surface area contributed by atoms with Crippen molar-refractivity contribution < 1.29 is 74.2 Å². The van der Waals surface area contributed by atoms with E-state index < -0.39 is 10.1 Å². The van der Waals surface area contributed by atoms with Crippen molar-refractivity contribution in [2.45, 2.75) is 76.0 Å². The fourth-order valence-corrected chi connectivity index (χ4v) is 3.83. The molecule has 2 aromatic carbocycles. The van der Waals surface area contributed by atoms with Crippen LogP contribution < -0.4 is 61.2 Å². The molecule has 0 spiro atoms. The fourth-order valence-electron chi connectivity index (χ4n) is 3.30. The largest absolute Gasteiger partial charge is 1.00 e. The van der Waals surface area contributed by atoms with Gasteiger partial charge in [0.2, 0.25) is 0 Å². The van der Waals surface area contributed by atoms with E-state index in [0.717, 1.165) is 19.3 Å². The van der Waals surface area contributed by atoms with Crippen LogP contribution in [0.5, 0.6) is 17.2 Å². The third-order valence-electron chi connectivity index (χ3n) is 4.91. The van der Waals surface area contributed by atoms with E-state index in [9.17, 15) is 18.1 Å². The van der Waals surface area contributed by atoms with Gasteiger partial charge in [-0.2, -0.15) is 8.42 Å². The van der Waals surface area contributed by atoms with Gasteiger partial charge in [0.1, 0.15) is 11.5 Å². The quantitative estimate of drug-likeness (QED) is 0.283. The molecule has 0 unspecified atom stereocenters. The first-order valence-corrected chi connectivity index (χ1v) is 11.9. The fraction of sp³-hybridized carbons (Fsp3) is 0.478. The molecule has 30 heavy (non-hydrogen) atoms. The molecule has 1 N–H and O–H groups in total. The van der Waals surface area contributed by atoms with Gasteiger partial charge in [-0.15, -0.1) is 5.75 Å². The summed E-state index contributed by atoms with van der Waals surface area (Å²) >= 11 is 0. The van der Waals surface area contributed by atoms with Crippen molar-refractivity contribution in [3.8, 4) is 17.2 Å². The van der Waals surface area contributed by atoms with Crippen molar-refractivity contribution in [1.82, 2.24) is 0 Å². The topological polar surface area (TPSA) is 86.7 Å². The summed E-state index contributed by atoms with van der Waals surface area (Å²) in [4.78, 5) is -0.145. The van der Waals surface area contributed by atoms with Gasteiger partial charge in [-0.05, 0) is 48.7 Å². The summed E-state index contributed by atoms with van der Waals surface area (Å²) < 4.78 is 38.2. The van der Waals surface area contributed by atoms with Crippen molar-refractivity contribution >= 4 is 10.1 Å². The third kappa shape index (κ3) is 10.3. The van der Waals surface area contributed by atoms with Gasteiger partial charge in [0.05, 0.1) is 4.90 Å². The monoisotopic (exact) mass is 458 g/mol. The molecule has 0 atom stereocenters. The van der Waals surface area contributed by atoms with Crippen LogP contribution in [0.25, 0.3) is 0 Å². The maximum atomic E-state index is 11.5. The van der Waals surface area contributed by atoms with E-state index in [4.69, 9.17) is 4.74 Å². The van der Waals surface area contributed by atoms with Crippen LogP contribution in [0.1, 0.15) is 70.3 Å². The minimum absolute atomic E-state index is 0. The van der Waals surface area contributed by atoms with Crippen molar-refractivity contribution in [1.29, 1.82) is 0 Å². The van der Waals surface area contributed by atoms with Crippen LogP contribution in [0.3, 0.4) is 0 Å². The Morgan fingerprint density at radius 2 is 1.53 bits per heavy atom.